The van der Waals surface area contributed by atoms with Gasteiger partial charge in [0, 0.05) is 28.7 Å². The first-order valence-electron chi connectivity index (χ1n) is 6.92. The summed E-state index contributed by atoms with van der Waals surface area (Å²) in [7, 11) is 0. The Balaban J connectivity index is 1.87. The number of rotatable bonds is 3. The molecule has 1 aromatic rings. The van der Waals surface area contributed by atoms with Crippen molar-refractivity contribution in [2.24, 2.45) is 5.92 Å². The second-order valence-corrected chi connectivity index (χ2v) is 6.57. The highest BCUT2D eigenvalue weighted by Crippen LogP contribution is 2.54. The molecule has 1 aliphatic carbocycles. The Bertz CT molecular complexity index is 593. The second-order valence-electron chi connectivity index (χ2n) is 5.75. The smallest absolute Gasteiger partial charge is 0.308 e. The average Bonchev–Trinajstić information content (AvgIpc) is 3.06. The predicted octanol–water partition coefficient (Wildman–Crippen LogP) is 2.96. The number of likely N-dealkylation sites (tertiary alicyclic amines) is 1. The number of nitrogens with zero attached hydrogens (tertiary/aromatic N) is 1. The Morgan fingerprint density at radius 3 is 2.33 bits per heavy atom. The largest absolute Gasteiger partial charge is 0.481 e. The third-order valence-electron chi connectivity index (χ3n) is 4.43. The van der Waals surface area contributed by atoms with Crippen molar-refractivity contribution in [2.75, 3.05) is 13.1 Å². The van der Waals surface area contributed by atoms with Crippen molar-refractivity contribution in [1.82, 2.24) is 4.90 Å². The molecule has 1 N–H and O–H groups in total. The third kappa shape index (κ3) is 2.40. The minimum Gasteiger partial charge on any atom is -0.481 e. The molecule has 1 aromatic carbocycles. The Hall–Kier alpha value is -1.26. The van der Waals surface area contributed by atoms with Crippen LogP contribution < -0.4 is 0 Å². The van der Waals surface area contributed by atoms with Gasteiger partial charge >= 0.3 is 5.97 Å². The van der Waals surface area contributed by atoms with Gasteiger partial charge < -0.3 is 10.0 Å². The summed E-state index contributed by atoms with van der Waals surface area (Å²) in [6.45, 7) is 0.762. The molecular formula is C15H15Cl2NO3. The van der Waals surface area contributed by atoms with Gasteiger partial charge in [-0.2, -0.15) is 0 Å². The fourth-order valence-corrected chi connectivity index (χ4v) is 3.86. The van der Waals surface area contributed by atoms with E-state index in [2.05, 4.69) is 0 Å². The Morgan fingerprint density at radius 1 is 1.24 bits per heavy atom. The van der Waals surface area contributed by atoms with Crippen LogP contribution in [0.2, 0.25) is 10.0 Å². The van der Waals surface area contributed by atoms with Crippen molar-refractivity contribution >= 4 is 35.1 Å². The fourth-order valence-electron chi connectivity index (χ4n) is 3.10. The molecule has 0 spiro atoms. The van der Waals surface area contributed by atoms with Crippen molar-refractivity contribution in [3.05, 3.63) is 33.8 Å². The molecule has 2 aliphatic rings. The first-order valence-corrected chi connectivity index (χ1v) is 7.68. The molecule has 1 aliphatic heterocycles. The summed E-state index contributed by atoms with van der Waals surface area (Å²) in [6.07, 6.45) is 1.93. The normalized spacial score (nSPS) is 23.1. The molecule has 0 bridgehead atoms. The molecule has 2 fully saturated rings. The number of benzene rings is 1. The molecule has 112 valence electrons. The van der Waals surface area contributed by atoms with E-state index in [1.807, 2.05) is 0 Å². The van der Waals surface area contributed by atoms with E-state index >= 15 is 0 Å². The van der Waals surface area contributed by atoms with Crippen LogP contribution in [0.25, 0.3) is 0 Å². The Kier molecular flexibility index (Phi) is 3.62. The van der Waals surface area contributed by atoms with E-state index in [0.717, 1.165) is 0 Å². The van der Waals surface area contributed by atoms with E-state index in [1.54, 1.807) is 23.1 Å². The second kappa shape index (κ2) is 5.18. The Labute approximate surface area is 132 Å². The van der Waals surface area contributed by atoms with Gasteiger partial charge in [0.2, 0.25) is 5.91 Å². The zero-order chi connectivity index (χ0) is 15.2. The van der Waals surface area contributed by atoms with E-state index in [9.17, 15) is 9.59 Å². The average molecular weight is 328 g/mol. The van der Waals surface area contributed by atoms with Crippen LogP contribution in [0, 0.1) is 5.92 Å². The monoisotopic (exact) mass is 327 g/mol. The highest BCUT2D eigenvalue weighted by molar-refractivity contribution is 6.36. The molecule has 1 saturated carbocycles. The summed E-state index contributed by atoms with van der Waals surface area (Å²) < 4.78 is 0. The lowest BCUT2D eigenvalue weighted by Crippen LogP contribution is -2.38. The third-order valence-corrected chi connectivity index (χ3v) is 5.06. The highest BCUT2D eigenvalue weighted by Gasteiger charge is 2.55. The topological polar surface area (TPSA) is 57.6 Å². The van der Waals surface area contributed by atoms with Gasteiger partial charge in [-0.3, -0.25) is 9.59 Å². The van der Waals surface area contributed by atoms with E-state index in [0.29, 0.717) is 41.4 Å². The zero-order valence-electron chi connectivity index (χ0n) is 11.3. The van der Waals surface area contributed by atoms with Crippen molar-refractivity contribution in [3.63, 3.8) is 0 Å². The summed E-state index contributed by atoms with van der Waals surface area (Å²) in [5.74, 6) is -1.35. The SMILES string of the molecule is O=C(O)C1CCN(C(=O)C2(c3c(Cl)cccc3Cl)CC2)C1. The summed E-state index contributed by atoms with van der Waals surface area (Å²) in [4.78, 5) is 25.5. The van der Waals surface area contributed by atoms with Gasteiger partial charge in [-0.25, -0.2) is 0 Å². The number of hydrogen-bond donors (Lipinski definition) is 1. The van der Waals surface area contributed by atoms with E-state index in [-0.39, 0.29) is 12.5 Å². The van der Waals surface area contributed by atoms with Crippen LogP contribution in [0.15, 0.2) is 18.2 Å². The molecule has 1 atom stereocenters. The van der Waals surface area contributed by atoms with Crippen LogP contribution in [0.1, 0.15) is 24.8 Å². The zero-order valence-corrected chi connectivity index (χ0v) is 12.8. The molecule has 3 rings (SSSR count). The van der Waals surface area contributed by atoms with E-state index in [4.69, 9.17) is 28.3 Å². The minimum atomic E-state index is -0.842. The maximum atomic E-state index is 12.8. The number of carbonyl (C=O) groups excluding carboxylic acids is 1. The van der Waals surface area contributed by atoms with Crippen molar-refractivity contribution in [2.45, 2.75) is 24.7 Å². The summed E-state index contributed by atoms with van der Waals surface area (Å²) in [5.41, 5.74) is 0.0418. The number of halogens is 2. The molecule has 0 radical (unpaired) electrons. The Morgan fingerprint density at radius 2 is 1.86 bits per heavy atom. The van der Waals surface area contributed by atoms with Gasteiger partial charge in [0.25, 0.3) is 0 Å². The molecule has 4 nitrogen and oxygen atoms in total. The number of hydrogen-bond acceptors (Lipinski definition) is 2. The van der Waals surface area contributed by atoms with Crippen LogP contribution in [0.3, 0.4) is 0 Å². The standard InChI is InChI=1S/C15H15Cl2NO3/c16-10-2-1-3-11(17)12(10)15(5-6-15)14(21)18-7-4-9(8-18)13(19)20/h1-3,9H,4-8H2,(H,19,20). The molecule has 0 aromatic heterocycles. The van der Waals surface area contributed by atoms with Gasteiger partial charge in [-0.15, -0.1) is 0 Å². The molecule has 1 saturated heterocycles. The number of carboxylic acids is 1. The van der Waals surface area contributed by atoms with Gasteiger partial charge in [-0.1, -0.05) is 29.3 Å². The lowest BCUT2D eigenvalue weighted by Gasteiger charge is -2.24. The fraction of sp³-hybridized carbons (Fsp3) is 0.467. The first-order chi connectivity index (χ1) is 9.95. The molecule has 1 amide bonds. The molecule has 6 heteroatoms. The van der Waals surface area contributed by atoms with Gasteiger partial charge in [-0.05, 0) is 31.4 Å². The van der Waals surface area contributed by atoms with Crippen molar-refractivity contribution in [1.29, 1.82) is 0 Å². The molecule has 1 unspecified atom stereocenters. The van der Waals surface area contributed by atoms with Crippen molar-refractivity contribution in [3.8, 4) is 0 Å². The summed E-state index contributed by atoms with van der Waals surface area (Å²) >= 11 is 12.5. The van der Waals surface area contributed by atoms with Crippen LogP contribution in [-0.4, -0.2) is 35.0 Å². The number of amides is 1. The van der Waals surface area contributed by atoms with E-state index in [1.165, 1.54) is 0 Å². The maximum absolute atomic E-state index is 12.8. The van der Waals surface area contributed by atoms with Crippen LogP contribution >= 0.6 is 23.2 Å². The lowest BCUT2D eigenvalue weighted by molar-refractivity contribution is -0.141. The number of aliphatic carboxylic acids is 1. The minimum absolute atomic E-state index is 0.0405. The number of carboxylic acid groups (broad SMARTS) is 1. The molecular weight excluding hydrogens is 313 g/mol. The highest BCUT2D eigenvalue weighted by atomic mass is 35.5. The predicted molar refractivity (Wildman–Crippen MR) is 79.7 cm³/mol. The van der Waals surface area contributed by atoms with Crippen molar-refractivity contribution < 1.29 is 14.7 Å². The van der Waals surface area contributed by atoms with Crippen LogP contribution in [0.5, 0.6) is 0 Å². The van der Waals surface area contributed by atoms with Gasteiger partial charge in [0.15, 0.2) is 0 Å². The lowest BCUT2D eigenvalue weighted by atomic mass is 9.94. The molecule has 1 heterocycles. The van der Waals surface area contributed by atoms with Gasteiger partial charge in [0.1, 0.15) is 0 Å². The first kappa shape index (κ1) is 14.7. The van der Waals surface area contributed by atoms with Gasteiger partial charge in [0.05, 0.1) is 11.3 Å². The van der Waals surface area contributed by atoms with Crippen LogP contribution in [0.4, 0.5) is 0 Å². The molecule has 21 heavy (non-hydrogen) atoms. The number of carbonyl (C=O) groups is 2. The quantitative estimate of drug-likeness (QED) is 0.928. The van der Waals surface area contributed by atoms with Crippen LogP contribution in [-0.2, 0) is 15.0 Å². The summed E-state index contributed by atoms with van der Waals surface area (Å²) in [5, 5.41) is 10.1. The van der Waals surface area contributed by atoms with E-state index < -0.39 is 17.3 Å². The summed E-state index contributed by atoms with van der Waals surface area (Å²) in [6, 6.07) is 5.23. The maximum Gasteiger partial charge on any atom is 0.308 e.